The Morgan fingerprint density at radius 1 is 0.923 bits per heavy atom. The van der Waals surface area contributed by atoms with E-state index in [2.05, 4.69) is 53.2 Å². The Bertz CT molecular complexity index is 807. The monoisotopic (exact) mass is 367 g/mol. The van der Waals surface area contributed by atoms with Gasteiger partial charge < -0.3 is 4.90 Å². The van der Waals surface area contributed by atoms with Gasteiger partial charge in [-0.3, -0.25) is 9.89 Å². The average Bonchev–Trinajstić information content (AvgIpc) is 2.81. The minimum atomic E-state index is 0.787. The van der Waals surface area contributed by atoms with E-state index >= 15 is 0 Å². The molecule has 0 atom stereocenters. The molecule has 136 valence electrons. The Hall–Kier alpha value is -1.68. The van der Waals surface area contributed by atoms with Crippen LogP contribution in [0.4, 0.5) is 0 Å². The minimum Gasteiger partial charge on any atom is -0.304 e. The van der Waals surface area contributed by atoms with Crippen LogP contribution in [0.3, 0.4) is 0 Å². The molecular formula is C22H26ClN3. The predicted molar refractivity (Wildman–Crippen MR) is 110 cm³/mol. The lowest BCUT2D eigenvalue weighted by Crippen LogP contribution is -2.45. The third kappa shape index (κ3) is 3.85. The fraction of sp³-hybridized carbons (Fsp3) is 0.409. The molecule has 0 aromatic heterocycles. The maximum atomic E-state index is 6.32. The van der Waals surface area contributed by atoms with Gasteiger partial charge in [-0.1, -0.05) is 41.9 Å². The Kier molecular flexibility index (Phi) is 5.39. The highest BCUT2D eigenvalue weighted by atomic mass is 35.5. The lowest BCUT2D eigenvalue weighted by atomic mass is 9.98. The third-order valence-electron chi connectivity index (χ3n) is 5.55. The van der Waals surface area contributed by atoms with E-state index in [4.69, 9.17) is 16.6 Å². The number of hydrogen-bond donors (Lipinski definition) is 0. The number of piperazine rings is 1. The van der Waals surface area contributed by atoms with Gasteiger partial charge in [0.1, 0.15) is 0 Å². The number of fused-ring (bicyclic) bond motifs is 2. The Morgan fingerprint density at radius 3 is 2.46 bits per heavy atom. The van der Waals surface area contributed by atoms with E-state index in [1.54, 1.807) is 0 Å². The third-order valence-corrected chi connectivity index (χ3v) is 5.78. The molecule has 0 saturated carbocycles. The van der Waals surface area contributed by atoms with Crippen LogP contribution in [0.25, 0.3) is 0 Å². The van der Waals surface area contributed by atoms with Gasteiger partial charge in [0.15, 0.2) is 0 Å². The summed E-state index contributed by atoms with van der Waals surface area (Å²) in [5.41, 5.74) is 6.33. The quantitative estimate of drug-likeness (QED) is 0.826. The van der Waals surface area contributed by atoms with Crippen LogP contribution in [0, 0.1) is 0 Å². The summed E-state index contributed by atoms with van der Waals surface area (Å²) in [6.07, 6.45) is 2.10. The van der Waals surface area contributed by atoms with Crippen molar-refractivity contribution in [2.24, 2.45) is 4.99 Å². The van der Waals surface area contributed by atoms with E-state index < -0.39 is 0 Å². The lowest BCUT2D eigenvalue weighted by molar-refractivity contribution is 0.157. The topological polar surface area (TPSA) is 18.8 Å². The number of hydrogen-bond acceptors (Lipinski definition) is 3. The summed E-state index contributed by atoms with van der Waals surface area (Å²) in [7, 11) is 2.20. The van der Waals surface area contributed by atoms with Crippen LogP contribution in [-0.2, 0) is 12.8 Å². The summed E-state index contributed by atoms with van der Waals surface area (Å²) in [5.74, 6) is 0. The summed E-state index contributed by atoms with van der Waals surface area (Å²) in [5, 5.41) is 0.787. The molecule has 4 rings (SSSR count). The van der Waals surface area contributed by atoms with Crippen molar-refractivity contribution >= 4 is 17.3 Å². The second-order valence-corrected chi connectivity index (χ2v) is 7.77. The van der Waals surface area contributed by atoms with Gasteiger partial charge in [0, 0.05) is 48.9 Å². The molecule has 1 heterocycles. The van der Waals surface area contributed by atoms with Gasteiger partial charge in [0.2, 0.25) is 0 Å². The van der Waals surface area contributed by atoms with Crippen molar-refractivity contribution in [3.8, 4) is 0 Å². The van der Waals surface area contributed by atoms with Crippen molar-refractivity contribution in [1.82, 2.24) is 9.80 Å². The van der Waals surface area contributed by atoms with Crippen LogP contribution in [0.1, 0.15) is 22.3 Å². The number of rotatable bonds is 3. The number of benzene rings is 2. The Balaban J connectivity index is 1.62. The van der Waals surface area contributed by atoms with E-state index in [-0.39, 0.29) is 0 Å². The maximum Gasteiger partial charge on any atom is 0.0725 e. The maximum absolute atomic E-state index is 6.32. The van der Waals surface area contributed by atoms with Crippen molar-refractivity contribution in [3.63, 3.8) is 0 Å². The van der Waals surface area contributed by atoms with Crippen molar-refractivity contribution in [3.05, 3.63) is 69.7 Å². The first-order valence-electron chi connectivity index (χ1n) is 9.53. The van der Waals surface area contributed by atoms with Gasteiger partial charge in [0.05, 0.1) is 12.3 Å². The van der Waals surface area contributed by atoms with Crippen LogP contribution in [-0.4, -0.2) is 61.8 Å². The van der Waals surface area contributed by atoms with Crippen LogP contribution >= 0.6 is 11.6 Å². The number of aliphatic imine (C=N–C) groups is 1. The molecule has 2 aliphatic rings. The molecule has 0 spiro atoms. The van der Waals surface area contributed by atoms with Crippen molar-refractivity contribution < 1.29 is 0 Å². The molecule has 0 amide bonds. The molecule has 4 heteroatoms. The molecule has 3 nitrogen and oxygen atoms in total. The van der Waals surface area contributed by atoms with Crippen molar-refractivity contribution in [1.29, 1.82) is 0 Å². The summed E-state index contributed by atoms with van der Waals surface area (Å²) in [6.45, 7) is 6.44. The van der Waals surface area contributed by atoms with E-state index in [0.717, 1.165) is 62.8 Å². The minimum absolute atomic E-state index is 0.787. The first-order valence-corrected chi connectivity index (χ1v) is 9.91. The second-order valence-electron chi connectivity index (χ2n) is 7.33. The fourth-order valence-corrected chi connectivity index (χ4v) is 4.09. The van der Waals surface area contributed by atoms with E-state index in [1.807, 2.05) is 6.07 Å². The molecule has 2 aromatic carbocycles. The highest BCUT2D eigenvalue weighted by Crippen LogP contribution is 2.27. The second kappa shape index (κ2) is 7.91. The van der Waals surface area contributed by atoms with Crippen LogP contribution in [0.15, 0.2) is 47.5 Å². The Morgan fingerprint density at radius 2 is 1.65 bits per heavy atom. The molecule has 2 aromatic rings. The molecule has 0 N–H and O–H groups in total. The Labute approximate surface area is 161 Å². The molecule has 1 fully saturated rings. The standard InChI is InChI=1S/C22H26ClN3/c1-25-12-14-26(15-13-25)11-10-24-22-20-5-3-2-4-17(20)6-7-18-8-9-19(23)16-21(18)22/h2-5,8-9,16H,6-7,10-15H2,1H3/b24-22-. The molecule has 1 saturated heterocycles. The van der Waals surface area contributed by atoms with Gasteiger partial charge in [-0.15, -0.1) is 0 Å². The average molecular weight is 368 g/mol. The van der Waals surface area contributed by atoms with E-state index in [9.17, 15) is 0 Å². The zero-order valence-corrected chi connectivity index (χ0v) is 16.2. The van der Waals surface area contributed by atoms with Gasteiger partial charge >= 0.3 is 0 Å². The molecule has 0 bridgehead atoms. The normalized spacial score (nSPS) is 19.8. The molecular weight excluding hydrogens is 342 g/mol. The summed E-state index contributed by atoms with van der Waals surface area (Å²) in [4.78, 5) is 9.99. The molecule has 1 aliphatic carbocycles. The number of aryl methyl sites for hydroxylation is 2. The van der Waals surface area contributed by atoms with E-state index in [1.165, 1.54) is 22.3 Å². The van der Waals surface area contributed by atoms with Crippen LogP contribution in [0.2, 0.25) is 5.02 Å². The van der Waals surface area contributed by atoms with Gasteiger partial charge in [0.25, 0.3) is 0 Å². The van der Waals surface area contributed by atoms with Crippen molar-refractivity contribution in [2.45, 2.75) is 12.8 Å². The highest BCUT2D eigenvalue weighted by Gasteiger charge is 2.20. The van der Waals surface area contributed by atoms with E-state index in [0.29, 0.717) is 0 Å². The predicted octanol–water partition coefficient (Wildman–Crippen LogP) is 3.52. The van der Waals surface area contributed by atoms with Gasteiger partial charge in [-0.05, 0) is 43.1 Å². The molecule has 0 unspecified atom stereocenters. The molecule has 1 aliphatic heterocycles. The van der Waals surface area contributed by atoms with Gasteiger partial charge in [-0.2, -0.15) is 0 Å². The largest absolute Gasteiger partial charge is 0.304 e. The first kappa shape index (κ1) is 17.7. The lowest BCUT2D eigenvalue weighted by Gasteiger charge is -2.31. The zero-order chi connectivity index (χ0) is 17.9. The summed E-state index contributed by atoms with van der Waals surface area (Å²) in [6, 6.07) is 14.9. The number of nitrogens with zero attached hydrogens (tertiary/aromatic N) is 3. The van der Waals surface area contributed by atoms with Crippen molar-refractivity contribution in [2.75, 3.05) is 46.3 Å². The van der Waals surface area contributed by atoms with Gasteiger partial charge in [-0.25, -0.2) is 0 Å². The smallest absolute Gasteiger partial charge is 0.0725 e. The number of halogens is 1. The highest BCUT2D eigenvalue weighted by molar-refractivity contribution is 6.31. The van der Waals surface area contributed by atoms with Crippen LogP contribution < -0.4 is 0 Å². The first-order chi connectivity index (χ1) is 12.7. The summed E-state index contributed by atoms with van der Waals surface area (Å²) >= 11 is 6.32. The molecule has 26 heavy (non-hydrogen) atoms. The van der Waals surface area contributed by atoms with Crippen LogP contribution in [0.5, 0.6) is 0 Å². The SMILES string of the molecule is CN1CCN(CC/N=C2/c3ccccc3CCc3ccc(Cl)cc32)CC1. The number of likely N-dealkylation sites (N-methyl/N-ethyl adjacent to an activating group) is 1. The molecule has 0 radical (unpaired) electrons. The zero-order valence-electron chi connectivity index (χ0n) is 15.4. The summed E-state index contributed by atoms with van der Waals surface area (Å²) < 4.78 is 0. The fourth-order valence-electron chi connectivity index (χ4n) is 3.92.